The van der Waals surface area contributed by atoms with E-state index in [0.29, 0.717) is 11.8 Å². The Kier molecular flexibility index (Phi) is 4.24. The Labute approximate surface area is 102 Å². The number of carboxylic acid groups (broad SMARTS) is 1. The summed E-state index contributed by atoms with van der Waals surface area (Å²) in [5.74, 6) is 0.736. The molecular formula is C14H20O3. The average molecular weight is 236 g/mol. The lowest BCUT2D eigenvalue weighted by Crippen LogP contribution is -2.35. The van der Waals surface area contributed by atoms with E-state index in [4.69, 9.17) is 9.84 Å². The second-order valence-corrected chi connectivity index (χ2v) is 4.94. The zero-order valence-electron chi connectivity index (χ0n) is 10.0. The van der Waals surface area contributed by atoms with Crippen molar-refractivity contribution in [3.05, 3.63) is 24.3 Å². The van der Waals surface area contributed by atoms with Crippen molar-refractivity contribution >= 4 is 6.16 Å². The quantitative estimate of drug-likeness (QED) is 0.599. The summed E-state index contributed by atoms with van der Waals surface area (Å²) in [5.41, 5.74) is 0. The summed E-state index contributed by atoms with van der Waals surface area (Å²) in [7, 11) is 0. The van der Waals surface area contributed by atoms with Crippen LogP contribution in [0.25, 0.3) is 0 Å². The van der Waals surface area contributed by atoms with Crippen LogP contribution >= 0.6 is 0 Å². The summed E-state index contributed by atoms with van der Waals surface area (Å²) in [6, 6.07) is 0. The van der Waals surface area contributed by atoms with Crippen molar-refractivity contribution in [2.45, 2.75) is 44.6 Å². The van der Waals surface area contributed by atoms with Gasteiger partial charge in [0.15, 0.2) is 0 Å². The molecule has 0 heterocycles. The highest BCUT2D eigenvalue weighted by atomic mass is 16.7. The van der Waals surface area contributed by atoms with Crippen LogP contribution in [0.3, 0.4) is 0 Å². The fourth-order valence-corrected chi connectivity index (χ4v) is 2.92. The third kappa shape index (κ3) is 3.35. The fourth-order valence-electron chi connectivity index (χ4n) is 2.92. The Morgan fingerprint density at radius 2 is 1.59 bits per heavy atom. The van der Waals surface area contributed by atoms with E-state index < -0.39 is 6.16 Å². The first-order valence-corrected chi connectivity index (χ1v) is 6.47. The Hall–Kier alpha value is -1.25. The van der Waals surface area contributed by atoms with Crippen LogP contribution in [0.4, 0.5) is 4.79 Å². The molecule has 0 aliphatic heterocycles. The summed E-state index contributed by atoms with van der Waals surface area (Å²) < 4.78 is 5.18. The zero-order chi connectivity index (χ0) is 12.1. The molecule has 2 unspecified atom stereocenters. The molecule has 0 spiro atoms. The van der Waals surface area contributed by atoms with Gasteiger partial charge in [-0.2, -0.15) is 0 Å². The number of hydrogen-bond acceptors (Lipinski definition) is 2. The Morgan fingerprint density at radius 3 is 1.94 bits per heavy atom. The van der Waals surface area contributed by atoms with Gasteiger partial charge < -0.3 is 9.84 Å². The molecule has 2 rings (SSSR count). The van der Waals surface area contributed by atoms with E-state index in [1.54, 1.807) is 0 Å². The van der Waals surface area contributed by atoms with Gasteiger partial charge in [-0.15, -0.1) is 0 Å². The second-order valence-electron chi connectivity index (χ2n) is 4.94. The van der Waals surface area contributed by atoms with Crippen LogP contribution in [0.5, 0.6) is 0 Å². The maximum absolute atomic E-state index is 10.8. The van der Waals surface area contributed by atoms with Gasteiger partial charge in [-0.1, -0.05) is 24.3 Å². The van der Waals surface area contributed by atoms with Crippen molar-refractivity contribution in [1.82, 2.24) is 0 Å². The molecular weight excluding hydrogens is 216 g/mol. The third-order valence-electron chi connectivity index (χ3n) is 3.79. The van der Waals surface area contributed by atoms with Gasteiger partial charge in [0, 0.05) is 11.8 Å². The van der Waals surface area contributed by atoms with Gasteiger partial charge in [0.2, 0.25) is 0 Å². The van der Waals surface area contributed by atoms with Crippen LogP contribution in [-0.2, 0) is 4.74 Å². The monoisotopic (exact) mass is 236 g/mol. The predicted molar refractivity (Wildman–Crippen MR) is 65.9 cm³/mol. The highest BCUT2D eigenvalue weighted by molar-refractivity contribution is 5.57. The fraction of sp³-hybridized carbons (Fsp3) is 0.643. The largest absolute Gasteiger partial charge is 0.506 e. The molecule has 0 radical (unpaired) electrons. The standard InChI is InChI=1S/C14H20O3/c15-14(16)17-13(11-7-3-1-4-8-11)12-9-5-2-6-10-12/h1-3,5,11-13H,4,6-10H2,(H,15,16). The minimum Gasteiger partial charge on any atom is -0.450 e. The average Bonchev–Trinajstić information content (AvgIpc) is 2.38. The van der Waals surface area contributed by atoms with E-state index in [1.807, 2.05) is 0 Å². The van der Waals surface area contributed by atoms with Gasteiger partial charge in [0.05, 0.1) is 0 Å². The first kappa shape index (κ1) is 12.2. The van der Waals surface area contributed by atoms with Gasteiger partial charge in [0.1, 0.15) is 6.10 Å². The SMILES string of the molecule is O=C(O)OC(C1CC=CCC1)C1CC=CCC1. The molecule has 0 saturated carbocycles. The summed E-state index contributed by atoms with van der Waals surface area (Å²) >= 11 is 0. The van der Waals surface area contributed by atoms with Crippen LogP contribution in [-0.4, -0.2) is 17.4 Å². The Morgan fingerprint density at radius 1 is 1.06 bits per heavy atom. The van der Waals surface area contributed by atoms with Gasteiger partial charge in [-0.05, 0) is 38.5 Å². The van der Waals surface area contributed by atoms with E-state index in [-0.39, 0.29) is 6.10 Å². The van der Waals surface area contributed by atoms with Crippen molar-refractivity contribution in [2.24, 2.45) is 11.8 Å². The molecule has 0 amide bonds. The molecule has 0 fully saturated rings. The van der Waals surface area contributed by atoms with Gasteiger partial charge in [-0.3, -0.25) is 0 Å². The van der Waals surface area contributed by atoms with E-state index >= 15 is 0 Å². The maximum Gasteiger partial charge on any atom is 0.506 e. The van der Waals surface area contributed by atoms with Crippen molar-refractivity contribution in [1.29, 1.82) is 0 Å². The minimum atomic E-state index is -1.13. The Balaban J connectivity index is 2.03. The smallest absolute Gasteiger partial charge is 0.450 e. The van der Waals surface area contributed by atoms with Crippen LogP contribution in [0.15, 0.2) is 24.3 Å². The summed E-state index contributed by atoms with van der Waals surface area (Å²) in [6.45, 7) is 0. The molecule has 2 atom stereocenters. The molecule has 17 heavy (non-hydrogen) atoms. The lowest BCUT2D eigenvalue weighted by molar-refractivity contribution is -0.0111. The van der Waals surface area contributed by atoms with Crippen molar-refractivity contribution in [3.8, 4) is 0 Å². The van der Waals surface area contributed by atoms with E-state index in [9.17, 15) is 4.79 Å². The summed E-state index contributed by atoms with van der Waals surface area (Å²) in [6.07, 6.45) is 13.5. The van der Waals surface area contributed by atoms with Crippen LogP contribution in [0.2, 0.25) is 0 Å². The molecule has 0 bridgehead atoms. The zero-order valence-corrected chi connectivity index (χ0v) is 10.0. The van der Waals surface area contributed by atoms with Crippen molar-refractivity contribution in [3.63, 3.8) is 0 Å². The lowest BCUT2D eigenvalue weighted by atomic mass is 9.78. The van der Waals surface area contributed by atoms with Crippen LogP contribution < -0.4 is 0 Å². The molecule has 0 aromatic rings. The van der Waals surface area contributed by atoms with E-state index in [0.717, 1.165) is 38.5 Å². The van der Waals surface area contributed by atoms with Gasteiger partial charge >= 0.3 is 6.16 Å². The topological polar surface area (TPSA) is 46.5 Å². The molecule has 0 saturated heterocycles. The molecule has 3 heteroatoms. The molecule has 2 aliphatic rings. The predicted octanol–water partition coefficient (Wildman–Crippen LogP) is 3.76. The van der Waals surface area contributed by atoms with E-state index in [1.165, 1.54) is 0 Å². The molecule has 2 aliphatic carbocycles. The van der Waals surface area contributed by atoms with Crippen molar-refractivity contribution < 1.29 is 14.6 Å². The van der Waals surface area contributed by atoms with Crippen LogP contribution in [0, 0.1) is 11.8 Å². The molecule has 1 N–H and O–H groups in total. The third-order valence-corrected chi connectivity index (χ3v) is 3.79. The first-order chi connectivity index (χ1) is 8.27. The number of rotatable bonds is 3. The number of hydrogen-bond donors (Lipinski definition) is 1. The van der Waals surface area contributed by atoms with Gasteiger partial charge in [0.25, 0.3) is 0 Å². The molecule has 0 aromatic heterocycles. The Bertz CT molecular complexity index is 295. The normalized spacial score (nSPS) is 29.9. The second kappa shape index (κ2) is 5.89. The van der Waals surface area contributed by atoms with Gasteiger partial charge in [-0.25, -0.2) is 4.79 Å². The molecule has 94 valence electrons. The lowest BCUT2D eigenvalue weighted by Gasteiger charge is -2.33. The number of ether oxygens (including phenoxy) is 1. The highest BCUT2D eigenvalue weighted by Crippen LogP contribution is 2.33. The van der Waals surface area contributed by atoms with Crippen LogP contribution in [0.1, 0.15) is 38.5 Å². The molecule has 0 aromatic carbocycles. The summed E-state index contributed by atoms with van der Waals surface area (Å²) in [4.78, 5) is 10.8. The highest BCUT2D eigenvalue weighted by Gasteiger charge is 2.32. The molecule has 3 nitrogen and oxygen atoms in total. The van der Waals surface area contributed by atoms with E-state index in [2.05, 4.69) is 24.3 Å². The summed E-state index contributed by atoms with van der Waals surface area (Å²) in [5, 5.41) is 8.89. The first-order valence-electron chi connectivity index (χ1n) is 6.47. The van der Waals surface area contributed by atoms with Crippen molar-refractivity contribution in [2.75, 3.05) is 0 Å². The maximum atomic E-state index is 10.8. The number of allylic oxidation sites excluding steroid dienone is 4. The number of carbonyl (C=O) groups is 1. The minimum absolute atomic E-state index is 0.123.